The molecule has 1 aromatic carbocycles. The molecule has 0 saturated heterocycles. The van der Waals surface area contributed by atoms with Crippen molar-refractivity contribution in [1.82, 2.24) is 4.72 Å². The third-order valence-electron chi connectivity index (χ3n) is 2.31. The summed E-state index contributed by atoms with van der Waals surface area (Å²) in [5, 5.41) is 8.73. The van der Waals surface area contributed by atoms with Crippen molar-refractivity contribution in [2.24, 2.45) is 0 Å². The summed E-state index contributed by atoms with van der Waals surface area (Å²) in [5.41, 5.74) is -0.311. The van der Waals surface area contributed by atoms with Crippen molar-refractivity contribution < 1.29 is 18.3 Å². The van der Waals surface area contributed by atoms with Gasteiger partial charge in [0.2, 0.25) is 10.0 Å². The summed E-state index contributed by atoms with van der Waals surface area (Å²) < 4.78 is 26.8. The van der Waals surface area contributed by atoms with Gasteiger partial charge in [0, 0.05) is 11.8 Å². The molecule has 0 aliphatic heterocycles. The van der Waals surface area contributed by atoms with Crippen LogP contribution in [0.5, 0.6) is 0 Å². The van der Waals surface area contributed by atoms with E-state index in [-0.39, 0.29) is 26.5 Å². The Hall–Kier alpha value is -0.470. The minimum atomic E-state index is -3.90. The van der Waals surface area contributed by atoms with Gasteiger partial charge in [-0.25, -0.2) is 17.9 Å². The number of sulfonamides is 1. The summed E-state index contributed by atoms with van der Waals surface area (Å²) in [6.07, 6.45) is 1.85. The molecule has 1 rings (SSSR count). The molecule has 0 aliphatic rings. The summed E-state index contributed by atoms with van der Waals surface area (Å²) in [6, 6.07) is 1.76. The van der Waals surface area contributed by atoms with Gasteiger partial charge >= 0.3 is 5.97 Å². The van der Waals surface area contributed by atoms with E-state index in [1.165, 1.54) is 11.8 Å². The van der Waals surface area contributed by atoms with Crippen molar-refractivity contribution in [2.75, 3.05) is 12.0 Å². The van der Waals surface area contributed by atoms with Crippen molar-refractivity contribution >= 4 is 51.0 Å². The van der Waals surface area contributed by atoms with Crippen LogP contribution in [0.25, 0.3) is 0 Å². The van der Waals surface area contributed by atoms with Crippen LogP contribution >= 0.6 is 35.0 Å². The Balaban J connectivity index is 3.24. The zero-order chi connectivity index (χ0) is 15.5. The molecule has 0 radical (unpaired) electrons. The molecule has 5 nitrogen and oxygen atoms in total. The van der Waals surface area contributed by atoms with E-state index in [4.69, 9.17) is 28.3 Å². The van der Waals surface area contributed by atoms with Gasteiger partial charge in [-0.2, -0.15) is 11.8 Å². The average molecular weight is 358 g/mol. The summed E-state index contributed by atoms with van der Waals surface area (Å²) in [5.74, 6) is -0.740. The lowest BCUT2D eigenvalue weighted by molar-refractivity contribution is 0.0697. The molecule has 0 aromatic heterocycles. The maximum absolute atomic E-state index is 12.2. The molecule has 112 valence electrons. The lowest BCUT2D eigenvalue weighted by Gasteiger charge is -2.14. The summed E-state index contributed by atoms with van der Waals surface area (Å²) in [7, 11) is -3.90. The smallest absolute Gasteiger partial charge is 0.337 e. The Bertz CT molecular complexity index is 619. The molecule has 1 atom stereocenters. The molecule has 0 aliphatic carbocycles. The van der Waals surface area contributed by atoms with Crippen LogP contribution in [0, 0.1) is 0 Å². The van der Waals surface area contributed by atoms with Crippen molar-refractivity contribution in [3.05, 3.63) is 27.7 Å². The minimum Gasteiger partial charge on any atom is -0.478 e. The van der Waals surface area contributed by atoms with Crippen LogP contribution in [-0.2, 0) is 10.0 Å². The van der Waals surface area contributed by atoms with Gasteiger partial charge in [0.05, 0.1) is 15.6 Å². The fourth-order valence-electron chi connectivity index (χ4n) is 1.51. The zero-order valence-corrected chi connectivity index (χ0v) is 13.8. The predicted octanol–water partition coefficient (Wildman–Crippen LogP) is 2.72. The van der Waals surface area contributed by atoms with Gasteiger partial charge in [-0.05, 0) is 25.3 Å². The third-order valence-corrected chi connectivity index (χ3v) is 5.51. The van der Waals surface area contributed by atoms with Crippen LogP contribution in [0.3, 0.4) is 0 Å². The molecule has 0 fully saturated rings. The number of hydrogen-bond acceptors (Lipinski definition) is 4. The molecular formula is C11H13Cl2NO4S2. The molecule has 1 aromatic rings. The number of hydrogen-bond donors (Lipinski definition) is 2. The molecule has 2 N–H and O–H groups in total. The number of carbonyl (C=O) groups is 1. The average Bonchev–Trinajstić information content (AvgIpc) is 2.27. The second-order valence-corrected chi connectivity index (χ2v) is 7.45. The molecule has 0 amide bonds. The molecular weight excluding hydrogens is 345 g/mol. The Morgan fingerprint density at radius 3 is 2.50 bits per heavy atom. The van der Waals surface area contributed by atoms with Crippen LogP contribution in [0.15, 0.2) is 17.0 Å². The van der Waals surface area contributed by atoms with Crippen LogP contribution in [0.4, 0.5) is 0 Å². The number of benzene rings is 1. The normalized spacial score (nSPS) is 13.2. The van der Waals surface area contributed by atoms with E-state index in [1.807, 2.05) is 6.26 Å². The lowest BCUT2D eigenvalue weighted by atomic mass is 10.2. The van der Waals surface area contributed by atoms with E-state index >= 15 is 0 Å². The summed E-state index contributed by atoms with van der Waals surface area (Å²) in [4.78, 5) is 10.7. The highest BCUT2D eigenvalue weighted by Gasteiger charge is 2.23. The number of rotatable bonds is 6. The molecule has 0 bridgehead atoms. The van der Waals surface area contributed by atoms with Crippen molar-refractivity contribution in [2.45, 2.75) is 17.9 Å². The van der Waals surface area contributed by atoms with E-state index in [0.29, 0.717) is 5.75 Å². The molecule has 1 unspecified atom stereocenters. The van der Waals surface area contributed by atoms with Gasteiger partial charge < -0.3 is 5.11 Å². The number of aromatic carboxylic acids is 1. The monoisotopic (exact) mass is 357 g/mol. The van der Waals surface area contributed by atoms with Crippen molar-refractivity contribution in [1.29, 1.82) is 0 Å². The van der Waals surface area contributed by atoms with Crippen LogP contribution < -0.4 is 4.72 Å². The number of thioether (sulfide) groups is 1. The van der Waals surface area contributed by atoms with Gasteiger partial charge in [0.15, 0.2) is 0 Å². The lowest BCUT2D eigenvalue weighted by Crippen LogP contribution is -2.34. The molecule has 0 heterocycles. The molecule has 0 saturated carbocycles. The SMILES string of the molecule is CSCC(C)NS(=O)(=O)c1cc(C(=O)O)c(Cl)cc1Cl. The predicted molar refractivity (Wildman–Crippen MR) is 81.6 cm³/mol. The van der Waals surface area contributed by atoms with E-state index in [2.05, 4.69) is 4.72 Å². The quantitative estimate of drug-likeness (QED) is 0.817. The van der Waals surface area contributed by atoms with E-state index in [0.717, 1.165) is 12.1 Å². The number of nitrogens with one attached hydrogen (secondary N) is 1. The standard InChI is InChI=1S/C11H13Cl2NO4S2/c1-6(5-19-2)14-20(17,18)10-3-7(11(15)16)8(12)4-9(10)13/h3-4,6,14H,5H2,1-2H3,(H,15,16). The number of carboxylic acids is 1. The molecule has 9 heteroatoms. The van der Waals surface area contributed by atoms with E-state index < -0.39 is 16.0 Å². The zero-order valence-electron chi connectivity index (χ0n) is 10.7. The molecule has 20 heavy (non-hydrogen) atoms. The minimum absolute atomic E-state index is 0.112. The van der Waals surface area contributed by atoms with Crippen LogP contribution in [0.2, 0.25) is 10.0 Å². The Morgan fingerprint density at radius 2 is 2.00 bits per heavy atom. The Morgan fingerprint density at radius 1 is 1.40 bits per heavy atom. The van der Waals surface area contributed by atoms with Gasteiger partial charge in [-0.1, -0.05) is 23.2 Å². The number of halogens is 2. The van der Waals surface area contributed by atoms with E-state index in [1.54, 1.807) is 6.92 Å². The van der Waals surface area contributed by atoms with Crippen LogP contribution in [0.1, 0.15) is 17.3 Å². The fraction of sp³-hybridized carbons (Fsp3) is 0.364. The third kappa shape index (κ3) is 4.26. The highest BCUT2D eigenvalue weighted by molar-refractivity contribution is 7.98. The van der Waals surface area contributed by atoms with E-state index in [9.17, 15) is 13.2 Å². The maximum Gasteiger partial charge on any atom is 0.337 e. The number of carboxylic acid groups (broad SMARTS) is 1. The van der Waals surface area contributed by atoms with Gasteiger partial charge in [-0.15, -0.1) is 0 Å². The maximum atomic E-state index is 12.2. The van der Waals surface area contributed by atoms with Gasteiger partial charge in [0.1, 0.15) is 4.90 Å². The largest absolute Gasteiger partial charge is 0.478 e. The summed E-state index contributed by atoms with van der Waals surface area (Å²) in [6.45, 7) is 1.70. The van der Waals surface area contributed by atoms with Gasteiger partial charge in [-0.3, -0.25) is 0 Å². The second kappa shape index (κ2) is 7.00. The molecule has 0 spiro atoms. The van der Waals surface area contributed by atoms with Gasteiger partial charge in [0.25, 0.3) is 0 Å². The van der Waals surface area contributed by atoms with Crippen LogP contribution in [-0.4, -0.2) is 37.5 Å². The first-order chi connectivity index (χ1) is 9.19. The topological polar surface area (TPSA) is 83.5 Å². The second-order valence-electron chi connectivity index (χ2n) is 4.05. The summed E-state index contributed by atoms with van der Waals surface area (Å²) >= 11 is 13.1. The fourth-order valence-corrected chi connectivity index (χ4v) is 4.30. The first-order valence-corrected chi connectivity index (χ1v) is 9.06. The first kappa shape index (κ1) is 17.6. The van der Waals surface area contributed by atoms with Crippen molar-refractivity contribution in [3.8, 4) is 0 Å². The highest BCUT2D eigenvalue weighted by atomic mass is 35.5. The van der Waals surface area contributed by atoms with Crippen molar-refractivity contribution in [3.63, 3.8) is 0 Å². The Labute approximate surface area is 131 Å². The first-order valence-electron chi connectivity index (χ1n) is 5.42. The Kier molecular flexibility index (Phi) is 6.15. The highest BCUT2D eigenvalue weighted by Crippen LogP contribution is 2.28.